The first-order chi connectivity index (χ1) is 45.2. The number of carbonyl (C=O) groups is 3. The molecule has 0 bridgehead atoms. The van der Waals surface area contributed by atoms with Crippen LogP contribution in [0.25, 0.3) is 0 Å². The highest BCUT2D eigenvalue weighted by atomic mass is 31.2. The van der Waals surface area contributed by atoms with E-state index in [0.29, 0.717) is 25.7 Å². The van der Waals surface area contributed by atoms with E-state index in [-0.39, 0.29) is 19.3 Å². The van der Waals surface area contributed by atoms with Gasteiger partial charge in [0.15, 0.2) is 6.10 Å². The Kier molecular flexibility index (Phi) is 62.4. The molecule has 0 spiro atoms. The predicted octanol–water partition coefficient (Wildman–Crippen LogP) is 18.9. The lowest BCUT2D eigenvalue weighted by Crippen LogP contribution is -2.30. The molecule has 16 nitrogen and oxygen atoms in total. The summed E-state index contributed by atoms with van der Waals surface area (Å²) in [5.41, 5.74) is 0. The molecule has 522 valence electrons. The molecule has 0 aliphatic heterocycles. The second kappa shape index (κ2) is 66.4. The van der Waals surface area contributed by atoms with Crippen LogP contribution in [0.2, 0.25) is 0 Å². The van der Waals surface area contributed by atoms with Crippen molar-refractivity contribution in [2.45, 2.75) is 219 Å². The van der Waals surface area contributed by atoms with E-state index in [0.717, 1.165) is 135 Å². The molecule has 0 saturated heterocycles. The van der Waals surface area contributed by atoms with E-state index in [1.807, 2.05) is 12.2 Å². The minimum atomic E-state index is -4.96. The number of unbranched alkanes of at least 4 members (excludes halogenated alkanes) is 6. The van der Waals surface area contributed by atoms with Crippen LogP contribution < -0.4 is 0 Å². The van der Waals surface area contributed by atoms with E-state index < -0.39 is 91.5 Å². The van der Waals surface area contributed by atoms with Gasteiger partial charge in [0.1, 0.15) is 25.4 Å². The number of phosphoric acid groups is 2. The molecule has 0 aromatic rings. The summed E-state index contributed by atoms with van der Waals surface area (Å²) < 4.78 is 60.7. The van der Waals surface area contributed by atoms with Crippen molar-refractivity contribution in [3.05, 3.63) is 194 Å². The van der Waals surface area contributed by atoms with E-state index in [4.69, 9.17) is 32.3 Å². The third-order valence-electron chi connectivity index (χ3n) is 12.8. The molecule has 0 rings (SSSR count). The predicted molar refractivity (Wildman–Crippen MR) is 380 cm³/mol. The molecule has 5 atom stereocenters. The lowest BCUT2D eigenvalue weighted by molar-refractivity contribution is -0.161. The van der Waals surface area contributed by atoms with Gasteiger partial charge in [0.2, 0.25) is 0 Å². The smallest absolute Gasteiger partial charge is 0.463 e. The second-order valence-corrected chi connectivity index (χ2v) is 24.4. The van der Waals surface area contributed by atoms with Crippen LogP contribution in [-0.4, -0.2) is 95.9 Å². The fourth-order valence-corrected chi connectivity index (χ4v) is 9.34. The Morgan fingerprint density at radius 3 is 0.882 bits per heavy atom. The van der Waals surface area contributed by atoms with Crippen molar-refractivity contribution in [1.82, 2.24) is 0 Å². The van der Waals surface area contributed by atoms with E-state index in [9.17, 15) is 43.5 Å². The van der Waals surface area contributed by atoms with Crippen LogP contribution in [0, 0.1) is 0 Å². The first-order valence-electron chi connectivity index (χ1n) is 33.7. The van der Waals surface area contributed by atoms with E-state index in [1.165, 1.54) is 0 Å². The van der Waals surface area contributed by atoms with Gasteiger partial charge in [-0.15, -0.1) is 0 Å². The van der Waals surface area contributed by atoms with Crippen LogP contribution in [-0.2, 0) is 55.8 Å². The quantitative estimate of drug-likeness (QED) is 0.0146. The Morgan fingerprint density at radius 2 is 0.548 bits per heavy atom. The summed E-state index contributed by atoms with van der Waals surface area (Å²) in [6.45, 7) is 2.11. The Labute approximate surface area is 559 Å². The molecule has 0 fully saturated rings. The number of allylic oxidation sites excluding steroid dienone is 32. The largest absolute Gasteiger partial charge is 0.472 e. The molecule has 4 N–H and O–H groups in total. The molecule has 0 saturated carbocycles. The number of aliphatic hydroxyl groups excluding tert-OH is 2. The van der Waals surface area contributed by atoms with Crippen LogP contribution in [0.4, 0.5) is 0 Å². The van der Waals surface area contributed by atoms with Crippen molar-refractivity contribution >= 4 is 33.6 Å². The molecule has 5 unspecified atom stereocenters. The zero-order valence-corrected chi connectivity index (χ0v) is 58.1. The Balaban J connectivity index is 4.85. The number of esters is 3. The molecule has 18 heteroatoms. The summed E-state index contributed by atoms with van der Waals surface area (Å²) in [6.07, 6.45) is 85.0. The molecule has 0 heterocycles. The van der Waals surface area contributed by atoms with Gasteiger partial charge < -0.3 is 34.2 Å². The van der Waals surface area contributed by atoms with E-state index in [1.54, 1.807) is 0 Å². The van der Waals surface area contributed by atoms with Gasteiger partial charge in [-0.2, -0.15) is 0 Å². The number of aliphatic hydroxyl groups is 2. The van der Waals surface area contributed by atoms with Gasteiger partial charge >= 0.3 is 33.6 Å². The van der Waals surface area contributed by atoms with E-state index >= 15 is 0 Å². The average Bonchev–Trinajstić information content (AvgIpc) is 3.72. The number of rotatable bonds is 61. The van der Waals surface area contributed by atoms with Crippen molar-refractivity contribution in [2.75, 3.05) is 39.6 Å². The van der Waals surface area contributed by atoms with Crippen LogP contribution in [0.3, 0.4) is 0 Å². The summed E-state index contributed by atoms with van der Waals surface area (Å²) in [5, 5.41) is 20.5. The van der Waals surface area contributed by atoms with Crippen LogP contribution in [0.15, 0.2) is 194 Å². The van der Waals surface area contributed by atoms with Crippen LogP contribution in [0.5, 0.6) is 0 Å². The molecule has 0 aliphatic carbocycles. The molecular formula is C75H116O16P2. The van der Waals surface area contributed by atoms with Crippen molar-refractivity contribution < 1.29 is 75.8 Å². The molecule has 0 aromatic carbocycles. The fraction of sp³-hybridized carbons (Fsp3) is 0.533. The first-order valence-corrected chi connectivity index (χ1v) is 36.7. The highest BCUT2D eigenvalue weighted by molar-refractivity contribution is 7.47. The topological polar surface area (TPSA) is 231 Å². The maximum Gasteiger partial charge on any atom is 0.472 e. The van der Waals surface area contributed by atoms with Gasteiger partial charge in [0.25, 0.3) is 0 Å². The molecule has 0 aliphatic rings. The minimum absolute atomic E-state index is 0.00821. The van der Waals surface area contributed by atoms with Crippen LogP contribution >= 0.6 is 15.6 Å². The molecular weight excluding hydrogens is 1220 g/mol. The number of phosphoric ester groups is 2. The summed E-state index contributed by atoms with van der Waals surface area (Å²) >= 11 is 0. The second-order valence-electron chi connectivity index (χ2n) is 21.5. The van der Waals surface area contributed by atoms with Gasteiger partial charge in [-0.3, -0.25) is 32.5 Å². The third kappa shape index (κ3) is 67.6. The zero-order chi connectivity index (χ0) is 68.1. The maximum atomic E-state index is 12.9. The fourth-order valence-electron chi connectivity index (χ4n) is 7.75. The zero-order valence-electron chi connectivity index (χ0n) is 56.3. The van der Waals surface area contributed by atoms with Crippen molar-refractivity contribution in [3.8, 4) is 0 Å². The number of ether oxygens (including phenoxy) is 3. The molecule has 0 radical (unpaired) electrons. The van der Waals surface area contributed by atoms with Gasteiger partial charge in [0.05, 0.1) is 26.4 Å². The third-order valence-corrected chi connectivity index (χ3v) is 14.7. The Hall–Kier alpha value is -5.61. The summed E-state index contributed by atoms with van der Waals surface area (Å²) in [5.74, 6) is -1.75. The number of hydrogen-bond acceptors (Lipinski definition) is 14. The van der Waals surface area contributed by atoms with Gasteiger partial charge in [0, 0.05) is 19.3 Å². The van der Waals surface area contributed by atoms with Gasteiger partial charge in [-0.1, -0.05) is 222 Å². The molecule has 0 amide bonds. The Morgan fingerprint density at radius 1 is 0.301 bits per heavy atom. The molecule has 93 heavy (non-hydrogen) atoms. The Bertz CT molecular complexity index is 2470. The first kappa shape index (κ1) is 87.4. The number of hydrogen-bond donors (Lipinski definition) is 4. The average molecular weight is 1340 g/mol. The summed E-state index contributed by atoms with van der Waals surface area (Å²) in [6, 6.07) is 0. The standard InChI is InChI=1S/C75H116O16P2/c1-4-7-10-13-16-19-22-25-28-31-33-34-36-39-40-43-46-49-52-55-58-61-73(78)85-64-70(76)65-87-92(81,82)88-66-71(77)67-89-93(83,84)90-69-72(91-75(80)63-60-57-54-51-48-45-42-37-30-27-24-21-18-15-12-9-6-3)68-86-74(79)62-59-56-53-50-47-44-41-38-35-32-29-26-23-20-17-14-11-8-5-2/h7-12,16-21,25-30,33-35,38-40,42,44-47,49,51,54,70-72,76-77H,4-6,13-15,22-24,31-32,36-37,41,43,48,50,52-53,55-69H2,1-3H3,(H,81,82)(H,83,84)/b10-7-,11-8-,12-9-,19-16-,20-17-,21-18-,28-25-,29-26-,30-27-,34-33-,38-35-,40-39-,45-42-,47-44-,49-46-,54-51-. The lowest BCUT2D eigenvalue weighted by Gasteiger charge is -2.21. The maximum absolute atomic E-state index is 12.9. The normalized spacial score (nSPS) is 15.4. The van der Waals surface area contributed by atoms with Crippen LogP contribution in [0.1, 0.15) is 201 Å². The van der Waals surface area contributed by atoms with Gasteiger partial charge in [-0.25, -0.2) is 9.13 Å². The van der Waals surface area contributed by atoms with E-state index in [2.05, 4.69) is 203 Å². The van der Waals surface area contributed by atoms with Crippen molar-refractivity contribution in [1.29, 1.82) is 0 Å². The highest BCUT2D eigenvalue weighted by Gasteiger charge is 2.29. The monoisotopic (exact) mass is 1330 g/mol. The lowest BCUT2D eigenvalue weighted by atomic mass is 10.1. The number of carbonyl (C=O) groups excluding carboxylic acids is 3. The SMILES string of the molecule is CC/C=C\C/C=C\C/C=C\C/C=C\C/C=C\C/C=C\CCCCC(=O)OCC(O)COP(=O)(O)OCC(O)COP(=O)(O)OCC(COC(=O)CCCCC/C=C\C/C=C\C/C=C\C/C=C\C/C=C\CC)OC(=O)CCC/C=C\C/C=C\C/C=C\C/C=C\C/C=C\CC. The highest BCUT2D eigenvalue weighted by Crippen LogP contribution is 2.45. The molecule has 0 aromatic heterocycles. The van der Waals surface area contributed by atoms with Crippen molar-refractivity contribution in [2.24, 2.45) is 0 Å². The van der Waals surface area contributed by atoms with Gasteiger partial charge in [-0.05, 0) is 154 Å². The van der Waals surface area contributed by atoms with Crippen molar-refractivity contribution in [3.63, 3.8) is 0 Å². The minimum Gasteiger partial charge on any atom is -0.463 e. The summed E-state index contributed by atoms with van der Waals surface area (Å²) in [7, 11) is -9.84. The summed E-state index contributed by atoms with van der Waals surface area (Å²) in [4.78, 5) is 58.4.